The predicted octanol–water partition coefficient (Wildman–Crippen LogP) is 3.16. The average molecular weight is 292 g/mol. The summed E-state index contributed by atoms with van der Waals surface area (Å²) in [7, 11) is 0. The first kappa shape index (κ1) is 14.1. The summed E-state index contributed by atoms with van der Waals surface area (Å²) in [6.07, 6.45) is 6.96. The van der Waals surface area contributed by atoms with Crippen LogP contribution in [0.1, 0.15) is 5.56 Å². The first-order chi connectivity index (χ1) is 10.8. The Morgan fingerprint density at radius 2 is 2.09 bits per heavy atom. The Labute approximate surface area is 128 Å². The summed E-state index contributed by atoms with van der Waals surface area (Å²) in [5.74, 6) is 0.698. The van der Waals surface area contributed by atoms with Crippen LogP contribution in [0, 0.1) is 0 Å². The van der Waals surface area contributed by atoms with Crippen LogP contribution in [0.15, 0.2) is 72.4 Å². The number of hydrogen-bond acceptors (Lipinski definition) is 3. The molecule has 1 aromatic carbocycles. The predicted molar refractivity (Wildman–Crippen MR) is 87.0 cm³/mol. The number of fused-ring (bicyclic) bond motifs is 1. The summed E-state index contributed by atoms with van der Waals surface area (Å²) in [4.78, 5) is 16.5. The first-order valence-corrected chi connectivity index (χ1v) is 7.04. The highest BCUT2D eigenvalue weighted by molar-refractivity contribution is 5.87. The van der Waals surface area contributed by atoms with E-state index in [0.717, 1.165) is 10.9 Å². The zero-order valence-electron chi connectivity index (χ0n) is 12.1. The van der Waals surface area contributed by atoms with E-state index in [1.807, 2.05) is 36.4 Å². The molecule has 0 bridgehead atoms. The molecule has 2 heterocycles. The van der Waals surface area contributed by atoms with Crippen molar-refractivity contribution in [3.05, 3.63) is 83.6 Å². The topological polar surface area (TPSA) is 44.1 Å². The fourth-order valence-electron chi connectivity index (χ4n) is 2.34. The largest absolute Gasteiger partial charge is 0.488 e. The normalized spacial score (nSPS) is 10.5. The standard InChI is InChI=1S/C18H16N2O2/c1-2-10-20-11-8-15-16(18(20)21)6-3-7-17(15)22-13-14-5-4-9-19-12-14/h2-9,11-12H,1,10,13H2. The van der Waals surface area contributed by atoms with Gasteiger partial charge < -0.3 is 9.30 Å². The number of benzene rings is 1. The summed E-state index contributed by atoms with van der Waals surface area (Å²) in [5, 5.41) is 1.46. The minimum absolute atomic E-state index is 0.0378. The Bertz CT molecular complexity index is 854. The van der Waals surface area contributed by atoms with Gasteiger partial charge in [0.2, 0.25) is 0 Å². The lowest BCUT2D eigenvalue weighted by molar-refractivity contribution is 0.309. The smallest absolute Gasteiger partial charge is 0.258 e. The molecule has 0 fully saturated rings. The molecular formula is C18H16N2O2. The second-order valence-electron chi connectivity index (χ2n) is 4.93. The number of rotatable bonds is 5. The first-order valence-electron chi connectivity index (χ1n) is 7.04. The van der Waals surface area contributed by atoms with Gasteiger partial charge in [-0.1, -0.05) is 18.2 Å². The van der Waals surface area contributed by atoms with Crippen LogP contribution in [0.5, 0.6) is 5.75 Å². The Hall–Kier alpha value is -2.88. The molecule has 0 N–H and O–H groups in total. The summed E-state index contributed by atoms with van der Waals surface area (Å²) in [6.45, 7) is 4.58. The quantitative estimate of drug-likeness (QED) is 0.678. The van der Waals surface area contributed by atoms with E-state index >= 15 is 0 Å². The summed E-state index contributed by atoms with van der Waals surface area (Å²) in [5.41, 5.74) is 0.948. The minimum atomic E-state index is -0.0378. The number of aromatic nitrogens is 2. The van der Waals surface area contributed by atoms with Gasteiger partial charge in [-0.15, -0.1) is 6.58 Å². The summed E-state index contributed by atoms with van der Waals surface area (Å²) >= 11 is 0. The molecule has 0 unspecified atom stereocenters. The molecule has 0 atom stereocenters. The molecule has 2 aromatic heterocycles. The maximum Gasteiger partial charge on any atom is 0.258 e. The van der Waals surface area contributed by atoms with Crippen LogP contribution in [0.4, 0.5) is 0 Å². The van der Waals surface area contributed by atoms with E-state index in [1.54, 1.807) is 29.2 Å². The zero-order chi connectivity index (χ0) is 15.4. The van der Waals surface area contributed by atoms with Crippen molar-refractivity contribution in [3.63, 3.8) is 0 Å². The van der Waals surface area contributed by atoms with Crippen LogP contribution >= 0.6 is 0 Å². The van der Waals surface area contributed by atoms with Crippen LogP contribution in [-0.4, -0.2) is 9.55 Å². The Balaban J connectivity index is 1.95. The van der Waals surface area contributed by atoms with Crippen molar-refractivity contribution in [2.24, 2.45) is 0 Å². The molecule has 0 saturated carbocycles. The van der Waals surface area contributed by atoms with Gasteiger partial charge in [0.1, 0.15) is 12.4 Å². The van der Waals surface area contributed by atoms with E-state index in [0.29, 0.717) is 24.3 Å². The van der Waals surface area contributed by atoms with Gasteiger partial charge in [0.25, 0.3) is 5.56 Å². The number of nitrogens with zero attached hydrogens (tertiary/aromatic N) is 2. The van der Waals surface area contributed by atoms with Crippen LogP contribution < -0.4 is 10.3 Å². The third kappa shape index (κ3) is 2.76. The van der Waals surface area contributed by atoms with Gasteiger partial charge in [-0.05, 0) is 24.3 Å². The Kier molecular flexibility index (Phi) is 4.01. The third-order valence-corrected chi connectivity index (χ3v) is 3.42. The fourth-order valence-corrected chi connectivity index (χ4v) is 2.34. The Morgan fingerprint density at radius 3 is 2.86 bits per heavy atom. The van der Waals surface area contributed by atoms with Crippen molar-refractivity contribution in [1.29, 1.82) is 0 Å². The lowest BCUT2D eigenvalue weighted by Gasteiger charge is -2.10. The van der Waals surface area contributed by atoms with Crippen LogP contribution in [0.3, 0.4) is 0 Å². The molecular weight excluding hydrogens is 276 g/mol. The molecule has 4 nitrogen and oxygen atoms in total. The molecule has 4 heteroatoms. The number of allylic oxidation sites excluding steroid dienone is 1. The van der Waals surface area contributed by atoms with E-state index < -0.39 is 0 Å². The van der Waals surface area contributed by atoms with Gasteiger partial charge in [-0.25, -0.2) is 0 Å². The number of hydrogen-bond donors (Lipinski definition) is 0. The lowest BCUT2D eigenvalue weighted by Crippen LogP contribution is -2.18. The Morgan fingerprint density at radius 1 is 1.18 bits per heavy atom. The highest BCUT2D eigenvalue weighted by atomic mass is 16.5. The van der Waals surface area contributed by atoms with E-state index in [2.05, 4.69) is 11.6 Å². The maximum absolute atomic E-state index is 12.4. The molecule has 3 aromatic rings. The third-order valence-electron chi connectivity index (χ3n) is 3.42. The van der Waals surface area contributed by atoms with Gasteiger partial charge >= 0.3 is 0 Å². The van der Waals surface area contributed by atoms with Gasteiger partial charge in [0.15, 0.2) is 0 Å². The van der Waals surface area contributed by atoms with Crippen molar-refractivity contribution in [3.8, 4) is 5.75 Å². The van der Waals surface area contributed by atoms with Crippen LogP contribution in [-0.2, 0) is 13.2 Å². The highest BCUT2D eigenvalue weighted by Crippen LogP contribution is 2.24. The fraction of sp³-hybridized carbons (Fsp3) is 0.111. The van der Waals surface area contributed by atoms with Crippen LogP contribution in [0.2, 0.25) is 0 Å². The molecule has 0 aliphatic carbocycles. The van der Waals surface area contributed by atoms with Crippen molar-refractivity contribution >= 4 is 10.8 Å². The van der Waals surface area contributed by atoms with Crippen molar-refractivity contribution in [2.45, 2.75) is 13.2 Å². The van der Waals surface area contributed by atoms with E-state index in [-0.39, 0.29) is 5.56 Å². The van der Waals surface area contributed by atoms with Crippen molar-refractivity contribution in [1.82, 2.24) is 9.55 Å². The van der Waals surface area contributed by atoms with E-state index in [1.165, 1.54) is 0 Å². The molecule has 0 aliphatic rings. The minimum Gasteiger partial charge on any atom is -0.488 e. The highest BCUT2D eigenvalue weighted by Gasteiger charge is 2.07. The van der Waals surface area contributed by atoms with Gasteiger partial charge in [0, 0.05) is 36.1 Å². The molecule has 0 amide bonds. The molecule has 0 spiro atoms. The number of pyridine rings is 2. The lowest BCUT2D eigenvalue weighted by atomic mass is 10.1. The molecule has 22 heavy (non-hydrogen) atoms. The van der Waals surface area contributed by atoms with E-state index in [9.17, 15) is 4.79 Å². The summed E-state index contributed by atoms with van der Waals surface area (Å²) < 4.78 is 7.48. The van der Waals surface area contributed by atoms with Gasteiger partial charge in [0.05, 0.1) is 5.39 Å². The maximum atomic E-state index is 12.4. The molecule has 110 valence electrons. The average Bonchev–Trinajstić information content (AvgIpc) is 2.57. The molecule has 0 aliphatic heterocycles. The number of ether oxygens (including phenoxy) is 1. The molecule has 3 rings (SSSR count). The SMILES string of the molecule is C=CCn1ccc2c(OCc3cccnc3)cccc2c1=O. The second kappa shape index (κ2) is 6.26. The summed E-state index contributed by atoms with van der Waals surface area (Å²) in [6, 6.07) is 11.2. The van der Waals surface area contributed by atoms with Crippen molar-refractivity contribution < 1.29 is 4.74 Å². The molecule has 0 radical (unpaired) electrons. The zero-order valence-corrected chi connectivity index (χ0v) is 12.1. The van der Waals surface area contributed by atoms with Crippen LogP contribution in [0.25, 0.3) is 10.8 Å². The second-order valence-corrected chi connectivity index (χ2v) is 4.93. The molecule has 0 saturated heterocycles. The van der Waals surface area contributed by atoms with Gasteiger partial charge in [-0.2, -0.15) is 0 Å². The monoisotopic (exact) mass is 292 g/mol. The van der Waals surface area contributed by atoms with E-state index in [4.69, 9.17) is 4.74 Å². The van der Waals surface area contributed by atoms with Gasteiger partial charge in [-0.3, -0.25) is 9.78 Å². The van der Waals surface area contributed by atoms with Crippen molar-refractivity contribution in [2.75, 3.05) is 0 Å².